The standard InChI is InChI=1S/C17H11ClN4O4/c18-8-1-2-11-12(5-8)21-14(20-11)6-13(17(25)26)22-15(23)9-3-4-19-7-10(9)16(22)24/h1-5,7,13H,6H2,(H,20,21)(H,25,26)/t13-/m1/s1. The number of aliphatic carboxylic acids is 1. The van der Waals surface area contributed by atoms with Gasteiger partial charge >= 0.3 is 5.97 Å². The van der Waals surface area contributed by atoms with Gasteiger partial charge in [0, 0.05) is 23.8 Å². The average molecular weight is 371 g/mol. The summed E-state index contributed by atoms with van der Waals surface area (Å²) in [7, 11) is 0. The van der Waals surface area contributed by atoms with Gasteiger partial charge in [-0.1, -0.05) is 11.6 Å². The van der Waals surface area contributed by atoms with E-state index in [0.29, 0.717) is 21.9 Å². The van der Waals surface area contributed by atoms with E-state index in [4.69, 9.17) is 11.6 Å². The Kier molecular flexibility index (Phi) is 3.69. The first-order valence-corrected chi connectivity index (χ1v) is 8.02. The van der Waals surface area contributed by atoms with E-state index in [0.717, 1.165) is 4.90 Å². The zero-order valence-electron chi connectivity index (χ0n) is 13.1. The molecule has 8 nitrogen and oxygen atoms in total. The number of halogens is 1. The van der Waals surface area contributed by atoms with Gasteiger partial charge in [-0.2, -0.15) is 0 Å². The highest BCUT2D eigenvalue weighted by atomic mass is 35.5. The number of carbonyl (C=O) groups is 3. The van der Waals surface area contributed by atoms with Gasteiger partial charge in [0.1, 0.15) is 11.9 Å². The van der Waals surface area contributed by atoms with Gasteiger partial charge in [-0.15, -0.1) is 0 Å². The van der Waals surface area contributed by atoms with Crippen LogP contribution < -0.4 is 0 Å². The number of H-pyrrole nitrogens is 1. The van der Waals surface area contributed by atoms with E-state index < -0.39 is 23.8 Å². The Bertz CT molecular complexity index is 1040. The normalized spacial score (nSPS) is 14.7. The summed E-state index contributed by atoms with van der Waals surface area (Å²) in [5.41, 5.74) is 1.50. The molecule has 0 aliphatic carbocycles. The van der Waals surface area contributed by atoms with Crippen molar-refractivity contribution in [2.75, 3.05) is 0 Å². The number of carboxylic acid groups (broad SMARTS) is 1. The first-order chi connectivity index (χ1) is 12.5. The van der Waals surface area contributed by atoms with Gasteiger partial charge < -0.3 is 10.1 Å². The molecular formula is C17H11ClN4O4. The molecule has 3 heterocycles. The van der Waals surface area contributed by atoms with E-state index in [1.54, 1.807) is 18.2 Å². The number of imidazole rings is 1. The number of aromatic nitrogens is 3. The fourth-order valence-electron chi connectivity index (χ4n) is 2.99. The number of pyridine rings is 1. The maximum Gasteiger partial charge on any atom is 0.327 e. The lowest BCUT2D eigenvalue weighted by atomic mass is 10.1. The third-order valence-electron chi connectivity index (χ3n) is 4.20. The Labute approximate surface area is 151 Å². The lowest BCUT2D eigenvalue weighted by molar-refractivity contribution is -0.141. The zero-order chi connectivity index (χ0) is 18.4. The van der Waals surface area contributed by atoms with E-state index in [2.05, 4.69) is 15.0 Å². The number of hydrogen-bond donors (Lipinski definition) is 2. The molecule has 0 radical (unpaired) electrons. The highest BCUT2D eigenvalue weighted by molar-refractivity contribution is 6.31. The number of nitrogens with zero attached hydrogens (tertiary/aromatic N) is 3. The lowest BCUT2D eigenvalue weighted by Gasteiger charge is -2.21. The van der Waals surface area contributed by atoms with Crippen LogP contribution in [0.4, 0.5) is 0 Å². The second-order valence-corrected chi connectivity index (χ2v) is 6.24. The number of fused-ring (bicyclic) bond motifs is 2. The molecule has 2 aromatic heterocycles. The maximum absolute atomic E-state index is 12.5. The average Bonchev–Trinajstić information content (AvgIpc) is 3.12. The van der Waals surface area contributed by atoms with Crippen molar-refractivity contribution in [3.63, 3.8) is 0 Å². The van der Waals surface area contributed by atoms with Crippen LogP contribution in [0.15, 0.2) is 36.7 Å². The Morgan fingerprint density at radius 2 is 2.00 bits per heavy atom. The van der Waals surface area contributed by atoms with Crippen molar-refractivity contribution in [3.8, 4) is 0 Å². The summed E-state index contributed by atoms with van der Waals surface area (Å²) in [5.74, 6) is -2.29. The molecule has 1 aliphatic rings. The molecule has 0 fully saturated rings. The van der Waals surface area contributed by atoms with E-state index in [1.165, 1.54) is 18.5 Å². The monoisotopic (exact) mass is 370 g/mol. The number of nitrogens with one attached hydrogen (secondary N) is 1. The number of carboxylic acids is 1. The first kappa shape index (κ1) is 16.2. The van der Waals surface area contributed by atoms with Gasteiger partial charge in [-0.3, -0.25) is 19.5 Å². The lowest BCUT2D eigenvalue weighted by Crippen LogP contribution is -2.46. The minimum absolute atomic E-state index is 0.0973. The zero-order valence-corrected chi connectivity index (χ0v) is 13.9. The smallest absolute Gasteiger partial charge is 0.327 e. The third-order valence-corrected chi connectivity index (χ3v) is 4.43. The van der Waals surface area contributed by atoms with Gasteiger partial charge in [-0.05, 0) is 24.3 Å². The predicted octanol–water partition coefficient (Wildman–Crippen LogP) is 1.90. The minimum Gasteiger partial charge on any atom is -0.480 e. The highest BCUT2D eigenvalue weighted by Crippen LogP contribution is 2.26. The SMILES string of the molecule is O=C(O)[C@@H](Cc1nc2ccc(Cl)cc2[nH]1)N1C(=O)c2ccncc2C1=O. The van der Waals surface area contributed by atoms with Gasteiger partial charge in [0.2, 0.25) is 0 Å². The van der Waals surface area contributed by atoms with Crippen LogP contribution in [0.1, 0.15) is 26.5 Å². The van der Waals surface area contributed by atoms with E-state index in [9.17, 15) is 19.5 Å². The summed E-state index contributed by atoms with van der Waals surface area (Å²) in [6.07, 6.45) is 2.49. The van der Waals surface area contributed by atoms with Gasteiger partial charge in [0.05, 0.1) is 22.2 Å². The molecule has 2 amide bonds. The molecule has 0 spiro atoms. The van der Waals surface area contributed by atoms with Crippen LogP contribution in [-0.4, -0.2) is 48.8 Å². The topological polar surface area (TPSA) is 116 Å². The maximum atomic E-state index is 12.5. The Hall–Kier alpha value is -3.26. The molecule has 0 saturated carbocycles. The Morgan fingerprint density at radius 3 is 2.73 bits per heavy atom. The van der Waals surface area contributed by atoms with Crippen LogP contribution in [-0.2, 0) is 11.2 Å². The van der Waals surface area contributed by atoms with Gasteiger partial charge in [-0.25, -0.2) is 9.78 Å². The molecule has 0 saturated heterocycles. The van der Waals surface area contributed by atoms with Crippen molar-refractivity contribution >= 4 is 40.4 Å². The van der Waals surface area contributed by atoms with Crippen molar-refractivity contribution in [1.29, 1.82) is 0 Å². The molecule has 1 aliphatic heterocycles. The van der Waals surface area contributed by atoms with Crippen molar-refractivity contribution in [3.05, 3.63) is 58.6 Å². The number of imide groups is 1. The second-order valence-electron chi connectivity index (χ2n) is 5.80. The summed E-state index contributed by atoms with van der Waals surface area (Å²) in [6, 6.07) is 5.04. The summed E-state index contributed by atoms with van der Waals surface area (Å²) in [5, 5.41) is 10.1. The van der Waals surface area contributed by atoms with E-state index >= 15 is 0 Å². The van der Waals surface area contributed by atoms with Crippen LogP contribution >= 0.6 is 11.6 Å². The second kappa shape index (κ2) is 5.92. The van der Waals surface area contributed by atoms with Crippen LogP contribution in [0, 0.1) is 0 Å². The molecule has 0 bridgehead atoms. The third kappa shape index (κ3) is 2.51. The molecule has 26 heavy (non-hydrogen) atoms. The molecule has 2 N–H and O–H groups in total. The van der Waals surface area contributed by atoms with Crippen LogP contribution in [0.25, 0.3) is 11.0 Å². The quantitative estimate of drug-likeness (QED) is 0.677. The molecule has 1 atom stereocenters. The fourth-order valence-corrected chi connectivity index (χ4v) is 3.16. The van der Waals surface area contributed by atoms with Crippen LogP contribution in [0.2, 0.25) is 5.02 Å². The molecule has 130 valence electrons. The number of aromatic amines is 1. The fraction of sp³-hybridized carbons (Fsp3) is 0.118. The Balaban J connectivity index is 1.69. The number of hydrogen-bond acceptors (Lipinski definition) is 5. The predicted molar refractivity (Wildman–Crippen MR) is 91.0 cm³/mol. The highest BCUT2D eigenvalue weighted by Gasteiger charge is 2.43. The van der Waals surface area contributed by atoms with Gasteiger partial charge in [0.25, 0.3) is 11.8 Å². The van der Waals surface area contributed by atoms with Crippen molar-refractivity contribution in [2.24, 2.45) is 0 Å². The summed E-state index contributed by atoms with van der Waals surface area (Å²) >= 11 is 5.93. The number of benzene rings is 1. The number of rotatable bonds is 4. The molecule has 9 heteroatoms. The summed E-state index contributed by atoms with van der Waals surface area (Å²) < 4.78 is 0. The Morgan fingerprint density at radius 1 is 1.23 bits per heavy atom. The van der Waals surface area contributed by atoms with Gasteiger partial charge in [0.15, 0.2) is 0 Å². The van der Waals surface area contributed by atoms with Crippen molar-refractivity contribution in [2.45, 2.75) is 12.5 Å². The minimum atomic E-state index is -1.39. The molecule has 4 rings (SSSR count). The van der Waals surface area contributed by atoms with Crippen molar-refractivity contribution < 1.29 is 19.5 Å². The van der Waals surface area contributed by atoms with Crippen molar-refractivity contribution in [1.82, 2.24) is 19.9 Å². The number of amides is 2. The molecule has 1 aromatic carbocycles. The van der Waals surface area contributed by atoms with E-state index in [1.807, 2.05) is 0 Å². The number of carbonyl (C=O) groups excluding carboxylic acids is 2. The van der Waals surface area contributed by atoms with Crippen LogP contribution in [0.5, 0.6) is 0 Å². The largest absolute Gasteiger partial charge is 0.480 e. The van der Waals surface area contributed by atoms with E-state index in [-0.39, 0.29) is 17.5 Å². The summed E-state index contributed by atoms with van der Waals surface area (Å²) in [4.78, 5) is 48.7. The molecule has 3 aromatic rings. The molecule has 0 unspecified atom stereocenters. The van der Waals surface area contributed by atoms with Crippen LogP contribution in [0.3, 0.4) is 0 Å². The first-order valence-electron chi connectivity index (χ1n) is 7.64. The summed E-state index contributed by atoms with van der Waals surface area (Å²) in [6.45, 7) is 0. The molecular weight excluding hydrogens is 360 g/mol.